The van der Waals surface area contributed by atoms with Gasteiger partial charge in [-0.25, -0.2) is 4.79 Å². The summed E-state index contributed by atoms with van der Waals surface area (Å²) in [4.78, 5) is 30.2. The molecule has 0 spiro atoms. The van der Waals surface area contributed by atoms with E-state index in [0.29, 0.717) is 29.5 Å². The molecule has 1 N–H and O–H groups in total. The van der Waals surface area contributed by atoms with Crippen LogP contribution in [0.15, 0.2) is 42.5 Å². The number of pyridine rings is 1. The molecule has 0 bridgehead atoms. The van der Waals surface area contributed by atoms with Crippen LogP contribution in [0, 0.1) is 5.92 Å². The fraction of sp³-hybridized carbons (Fsp3) is 0.320. The lowest BCUT2D eigenvalue weighted by molar-refractivity contribution is -0.124. The Morgan fingerprint density at radius 1 is 1.16 bits per heavy atom. The van der Waals surface area contributed by atoms with Crippen molar-refractivity contribution in [3.63, 3.8) is 0 Å². The van der Waals surface area contributed by atoms with E-state index in [2.05, 4.69) is 12.2 Å². The second kappa shape index (κ2) is 8.49. The number of rotatable bonds is 5. The molecular weight excluding hydrogens is 408 g/mol. The van der Waals surface area contributed by atoms with Gasteiger partial charge in [-0.3, -0.25) is 9.78 Å². The lowest BCUT2D eigenvalue weighted by atomic mass is 9.84. The zero-order valence-corrected chi connectivity index (χ0v) is 17.8. The first-order chi connectivity index (χ1) is 15.6. The van der Waals surface area contributed by atoms with Crippen LogP contribution in [0.25, 0.3) is 10.9 Å². The number of amides is 1. The van der Waals surface area contributed by atoms with Gasteiger partial charge in [0, 0.05) is 17.6 Å². The summed E-state index contributed by atoms with van der Waals surface area (Å²) in [6.07, 6.45) is 2.68. The van der Waals surface area contributed by atoms with E-state index in [0.717, 1.165) is 47.0 Å². The van der Waals surface area contributed by atoms with E-state index in [1.165, 1.54) is 0 Å². The van der Waals surface area contributed by atoms with Crippen LogP contribution < -0.4 is 14.8 Å². The van der Waals surface area contributed by atoms with Crippen LogP contribution in [-0.2, 0) is 28.9 Å². The lowest BCUT2D eigenvalue weighted by Gasteiger charge is -2.24. The van der Waals surface area contributed by atoms with Gasteiger partial charge in [-0.15, -0.1) is 0 Å². The Kier molecular flexibility index (Phi) is 5.39. The Hall–Kier alpha value is -3.61. The number of ether oxygens (including phenoxy) is 3. The molecule has 1 aliphatic carbocycles. The van der Waals surface area contributed by atoms with E-state index in [1.807, 2.05) is 42.5 Å². The van der Waals surface area contributed by atoms with E-state index < -0.39 is 5.97 Å². The van der Waals surface area contributed by atoms with Gasteiger partial charge in [0.25, 0.3) is 5.91 Å². The highest BCUT2D eigenvalue weighted by Crippen LogP contribution is 2.33. The summed E-state index contributed by atoms with van der Waals surface area (Å²) in [6.45, 7) is 2.34. The number of para-hydroxylation sites is 1. The van der Waals surface area contributed by atoms with Crippen molar-refractivity contribution in [2.75, 3.05) is 13.4 Å². The van der Waals surface area contributed by atoms with Gasteiger partial charge in [-0.1, -0.05) is 31.2 Å². The predicted molar refractivity (Wildman–Crippen MR) is 118 cm³/mol. The molecule has 7 nitrogen and oxygen atoms in total. The van der Waals surface area contributed by atoms with Gasteiger partial charge in [0.15, 0.2) is 18.1 Å². The van der Waals surface area contributed by atoms with Gasteiger partial charge in [-0.05, 0) is 54.5 Å². The summed E-state index contributed by atoms with van der Waals surface area (Å²) >= 11 is 0. The third kappa shape index (κ3) is 3.98. The maximum Gasteiger partial charge on any atom is 0.339 e. The number of nitrogens with zero attached hydrogens (tertiary/aromatic N) is 1. The number of benzene rings is 2. The van der Waals surface area contributed by atoms with Gasteiger partial charge < -0.3 is 19.5 Å². The molecule has 3 aromatic rings. The van der Waals surface area contributed by atoms with E-state index in [1.54, 1.807) is 0 Å². The van der Waals surface area contributed by atoms with Crippen molar-refractivity contribution in [3.05, 3.63) is 64.8 Å². The first-order valence-corrected chi connectivity index (χ1v) is 10.8. The van der Waals surface area contributed by atoms with Crippen molar-refractivity contribution in [2.24, 2.45) is 5.92 Å². The number of carbonyl (C=O) groups excluding carboxylic acids is 2. The number of esters is 1. The fourth-order valence-corrected chi connectivity index (χ4v) is 4.30. The number of nitrogens with one attached hydrogen (secondary N) is 1. The largest absolute Gasteiger partial charge is 0.454 e. The van der Waals surface area contributed by atoms with Crippen molar-refractivity contribution >= 4 is 22.8 Å². The topological polar surface area (TPSA) is 86.8 Å². The van der Waals surface area contributed by atoms with Crippen molar-refractivity contribution in [1.29, 1.82) is 0 Å². The standard InChI is InChI=1S/C25H24N2O5/c1-15-6-8-20-18(10-15)24(17-4-2-3-5-19(17)27-20)25(29)30-13-23(28)26-12-16-7-9-21-22(11-16)32-14-31-21/h2-5,7,9,11,15H,6,8,10,12-14H2,1H3,(H,26,28). The van der Waals surface area contributed by atoms with E-state index in [4.69, 9.17) is 19.2 Å². The maximum absolute atomic E-state index is 13.1. The van der Waals surface area contributed by atoms with Gasteiger partial charge in [0.2, 0.25) is 6.79 Å². The molecule has 164 valence electrons. The molecule has 5 rings (SSSR count). The van der Waals surface area contributed by atoms with Gasteiger partial charge in [0.05, 0.1) is 11.1 Å². The molecule has 0 saturated carbocycles. The highest BCUT2D eigenvalue weighted by atomic mass is 16.7. The molecule has 0 radical (unpaired) electrons. The monoisotopic (exact) mass is 432 g/mol. The molecule has 1 amide bonds. The normalized spacial score (nSPS) is 16.5. The Bertz CT molecular complexity index is 1210. The molecule has 0 saturated heterocycles. The maximum atomic E-state index is 13.1. The van der Waals surface area contributed by atoms with E-state index in [9.17, 15) is 9.59 Å². The number of carbonyl (C=O) groups is 2. The number of hydrogen-bond donors (Lipinski definition) is 1. The SMILES string of the molecule is CC1CCc2nc3ccccc3c(C(=O)OCC(=O)NCc3ccc4c(c3)OCO4)c2C1. The third-order valence-electron chi connectivity index (χ3n) is 5.97. The molecule has 2 aliphatic rings. The van der Waals surface area contributed by atoms with Crippen LogP contribution >= 0.6 is 0 Å². The lowest BCUT2D eigenvalue weighted by Crippen LogP contribution is -2.29. The molecule has 2 heterocycles. The minimum Gasteiger partial charge on any atom is -0.454 e. The molecule has 1 atom stereocenters. The zero-order valence-electron chi connectivity index (χ0n) is 17.8. The second-order valence-electron chi connectivity index (χ2n) is 8.32. The molecule has 32 heavy (non-hydrogen) atoms. The minimum absolute atomic E-state index is 0.202. The van der Waals surface area contributed by atoms with Crippen molar-refractivity contribution < 1.29 is 23.8 Å². The minimum atomic E-state index is -0.479. The van der Waals surface area contributed by atoms with Crippen LogP contribution in [0.1, 0.15) is 40.5 Å². The average molecular weight is 432 g/mol. The van der Waals surface area contributed by atoms with Crippen molar-refractivity contribution in [3.8, 4) is 11.5 Å². The Morgan fingerprint density at radius 2 is 2.00 bits per heavy atom. The summed E-state index contributed by atoms with van der Waals surface area (Å²) in [7, 11) is 0. The van der Waals surface area contributed by atoms with Gasteiger partial charge >= 0.3 is 5.97 Å². The molecule has 1 aliphatic heterocycles. The number of hydrogen-bond acceptors (Lipinski definition) is 6. The Balaban J connectivity index is 1.28. The van der Waals surface area contributed by atoms with Crippen molar-refractivity contribution in [1.82, 2.24) is 10.3 Å². The molecule has 1 unspecified atom stereocenters. The van der Waals surface area contributed by atoms with Crippen LogP contribution in [0.4, 0.5) is 0 Å². The number of aryl methyl sites for hydroxylation is 1. The molecule has 0 fully saturated rings. The van der Waals surface area contributed by atoms with Gasteiger partial charge in [0.1, 0.15) is 0 Å². The van der Waals surface area contributed by atoms with Crippen LogP contribution in [-0.4, -0.2) is 30.3 Å². The predicted octanol–water partition coefficient (Wildman–Crippen LogP) is 3.56. The zero-order chi connectivity index (χ0) is 22.1. The van der Waals surface area contributed by atoms with Gasteiger partial charge in [-0.2, -0.15) is 0 Å². The third-order valence-corrected chi connectivity index (χ3v) is 5.97. The Labute approximate surface area is 185 Å². The van der Waals surface area contributed by atoms with E-state index in [-0.39, 0.29) is 19.3 Å². The Morgan fingerprint density at radius 3 is 2.91 bits per heavy atom. The smallest absolute Gasteiger partial charge is 0.339 e. The summed E-state index contributed by atoms with van der Waals surface area (Å²) in [5, 5.41) is 3.55. The highest BCUT2D eigenvalue weighted by Gasteiger charge is 2.26. The molecule has 1 aromatic heterocycles. The molecular formula is C25H24N2O5. The first kappa shape index (κ1) is 20.3. The van der Waals surface area contributed by atoms with Crippen LogP contribution in [0.5, 0.6) is 11.5 Å². The second-order valence-corrected chi connectivity index (χ2v) is 8.32. The fourth-order valence-electron chi connectivity index (χ4n) is 4.30. The molecule has 7 heteroatoms. The highest BCUT2D eigenvalue weighted by molar-refractivity contribution is 6.05. The summed E-state index contributed by atoms with van der Waals surface area (Å²) in [5.74, 6) is 0.980. The number of fused-ring (bicyclic) bond motifs is 3. The summed E-state index contributed by atoms with van der Waals surface area (Å²) in [5.41, 5.74) is 4.10. The van der Waals surface area contributed by atoms with Crippen LogP contribution in [0.2, 0.25) is 0 Å². The number of aromatic nitrogens is 1. The van der Waals surface area contributed by atoms with E-state index >= 15 is 0 Å². The average Bonchev–Trinajstić information content (AvgIpc) is 3.27. The quantitative estimate of drug-likeness (QED) is 0.621. The first-order valence-electron chi connectivity index (χ1n) is 10.8. The molecule has 2 aromatic carbocycles. The van der Waals surface area contributed by atoms with Crippen molar-refractivity contribution in [2.45, 2.75) is 32.7 Å². The van der Waals surface area contributed by atoms with Crippen LogP contribution in [0.3, 0.4) is 0 Å². The summed E-state index contributed by atoms with van der Waals surface area (Å²) in [6, 6.07) is 13.1. The summed E-state index contributed by atoms with van der Waals surface area (Å²) < 4.78 is 16.1.